The number of ether oxygens (including phenoxy) is 1. The summed E-state index contributed by atoms with van der Waals surface area (Å²) in [5.74, 6) is 0.676. The Bertz CT molecular complexity index is 932. The predicted molar refractivity (Wildman–Crippen MR) is 105 cm³/mol. The first kappa shape index (κ1) is 19.3. The molecule has 0 unspecified atom stereocenters. The molecule has 3 aromatic rings. The second-order valence-corrected chi connectivity index (χ2v) is 6.11. The molecule has 28 heavy (non-hydrogen) atoms. The number of carbonyl (C=O) groups excluding carboxylic acids is 1. The van der Waals surface area contributed by atoms with Crippen molar-refractivity contribution in [3.05, 3.63) is 83.3 Å². The van der Waals surface area contributed by atoms with Crippen LogP contribution in [0.5, 0.6) is 5.75 Å². The molecule has 6 nitrogen and oxygen atoms in total. The van der Waals surface area contributed by atoms with Gasteiger partial charge in [0.1, 0.15) is 17.4 Å². The summed E-state index contributed by atoms with van der Waals surface area (Å²) in [6, 6.07) is 17.4. The number of benzene rings is 2. The number of rotatable bonds is 8. The van der Waals surface area contributed by atoms with Crippen LogP contribution >= 0.6 is 0 Å². The molecule has 1 aromatic heterocycles. The molecule has 0 aliphatic carbocycles. The SMILES string of the molecule is COc1cccc(CCNC(=O)c2ccc(NCc3ccccc3F)nn2)c1. The number of nitrogens with one attached hydrogen (secondary N) is 2. The van der Waals surface area contributed by atoms with Crippen LogP contribution in [0.4, 0.5) is 10.2 Å². The van der Waals surface area contributed by atoms with Gasteiger partial charge >= 0.3 is 0 Å². The molecular weight excluding hydrogens is 359 g/mol. The highest BCUT2D eigenvalue weighted by Gasteiger charge is 2.08. The summed E-state index contributed by atoms with van der Waals surface area (Å²) < 4.78 is 18.8. The van der Waals surface area contributed by atoms with Crippen LogP contribution in [0, 0.1) is 5.82 Å². The van der Waals surface area contributed by atoms with E-state index in [1.807, 2.05) is 24.3 Å². The van der Waals surface area contributed by atoms with Crippen molar-refractivity contribution in [1.29, 1.82) is 0 Å². The first-order valence-corrected chi connectivity index (χ1v) is 8.88. The molecule has 0 saturated carbocycles. The fraction of sp³-hybridized carbons (Fsp3) is 0.190. The van der Waals surface area contributed by atoms with E-state index in [9.17, 15) is 9.18 Å². The molecule has 0 fully saturated rings. The molecule has 3 rings (SSSR count). The number of halogens is 1. The van der Waals surface area contributed by atoms with Crippen molar-refractivity contribution in [3.8, 4) is 5.75 Å². The minimum absolute atomic E-state index is 0.224. The van der Waals surface area contributed by atoms with E-state index in [0.29, 0.717) is 24.3 Å². The van der Waals surface area contributed by atoms with Crippen molar-refractivity contribution < 1.29 is 13.9 Å². The van der Waals surface area contributed by atoms with Gasteiger partial charge in [-0.1, -0.05) is 30.3 Å². The Hall–Kier alpha value is -3.48. The molecule has 2 N–H and O–H groups in total. The Labute approximate surface area is 162 Å². The third kappa shape index (κ3) is 5.26. The molecule has 0 aliphatic rings. The lowest BCUT2D eigenvalue weighted by Gasteiger charge is -2.08. The van der Waals surface area contributed by atoms with Gasteiger partial charge in [-0.2, -0.15) is 0 Å². The summed E-state index contributed by atoms with van der Waals surface area (Å²) in [4.78, 5) is 12.2. The molecule has 0 radical (unpaired) electrons. The Morgan fingerprint density at radius 1 is 1.07 bits per heavy atom. The summed E-state index contributed by atoms with van der Waals surface area (Å²) in [5, 5.41) is 13.7. The summed E-state index contributed by atoms with van der Waals surface area (Å²) in [6.07, 6.45) is 0.679. The largest absolute Gasteiger partial charge is 0.497 e. The number of methoxy groups -OCH3 is 1. The number of carbonyl (C=O) groups is 1. The fourth-order valence-electron chi connectivity index (χ4n) is 2.61. The fourth-order valence-corrected chi connectivity index (χ4v) is 2.61. The number of anilines is 1. The first-order chi connectivity index (χ1) is 13.7. The van der Waals surface area contributed by atoms with Crippen molar-refractivity contribution >= 4 is 11.7 Å². The molecule has 0 bridgehead atoms. The van der Waals surface area contributed by atoms with Crippen LogP contribution < -0.4 is 15.4 Å². The Balaban J connectivity index is 1.48. The van der Waals surface area contributed by atoms with Gasteiger partial charge in [0.25, 0.3) is 5.91 Å². The van der Waals surface area contributed by atoms with Crippen LogP contribution in [0.1, 0.15) is 21.6 Å². The maximum Gasteiger partial charge on any atom is 0.271 e. The lowest BCUT2D eigenvalue weighted by molar-refractivity contribution is 0.0948. The second-order valence-electron chi connectivity index (χ2n) is 6.11. The molecule has 0 spiro atoms. The smallest absolute Gasteiger partial charge is 0.271 e. The van der Waals surface area contributed by atoms with Crippen molar-refractivity contribution in [3.63, 3.8) is 0 Å². The van der Waals surface area contributed by atoms with Gasteiger partial charge in [-0.15, -0.1) is 10.2 Å². The number of amides is 1. The summed E-state index contributed by atoms with van der Waals surface area (Å²) in [7, 11) is 1.62. The first-order valence-electron chi connectivity index (χ1n) is 8.88. The van der Waals surface area contributed by atoms with E-state index >= 15 is 0 Å². The highest BCUT2D eigenvalue weighted by molar-refractivity contribution is 5.92. The van der Waals surface area contributed by atoms with Crippen molar-refractivity contribution in [2.24, 2.45) is 0 Å². The van der Waals surface area contributed by atoms with Crippen LogP contribution in [0.25, 0.3) is 0 Å². The summed E-state index contributed by atoms with van der Waals surface area (Å²) in [6.45, 7) is 0.758. The number of nitrogens with zero attached hydrogens (tertiary/aromatic N) is 2. The van der Waals surface area contributed by atoms with Gasteiger partial charge in [0.15, 0.2) is 5.69 Å². The number of hydrogen-bond donors (Lipinski definition) is 2. The molecule has 1 amide bonds. The second kappa shape index (κ2) is 9.45. The minimum Gasteiger partial charge on any atom is -0.497 e. The zero-order chi connectivity index (χ0) is 19.8. The van der Waals surface area contributed by atoms with E-state index in [1.165, 1.54) is 6.07 Å². The van der Waals surface area contributed by atoms with Gasteiger partial charge in [0, 0.05) is 18.7 Å². The average molecular weight is 380 g/mol. The molecule has 144 valence electrons. The average Bonchev–Trinajstić information content (AvgIpc) is 2.73. The predicted octanol–water partition coefficient (Wildman–Crippen LogP) is 3.21. The van der Waals surface area contributed by atoms with E-state index in [-0.39, 0.29) is 24.0 Å². The topological polar surface area (TPSA) is 76.1 Å². The monoisotopic (exact) mass is 380 g/mol. The van der Waals surface area contributed by atoms with Gasteiger partial charge < -0.3 is 15.4 Å². The van der Waals surface area contributed by atoms with Gasteiger partial charge in [-0.3, -0.25) is 4.79 Å². The van der Waals surface area contributed by atoms with Crippen LogP contribution in [-0.4, -0.2) is 29.8 Å². The van der Waals surface area contributed by atoms with E-state index < -0.39 is 0 Å². The lowest BCUT2D eigenvalue weighted by atomic mass is 10.1. The van der Waals surface area contributed by atoms with Crippen LogP contribution in [0.15, 0.2) is 60.7 Å². The lowest BCUT2D eigenvalue weighted by Crippen LogP contribution is -2.26. The van der Waals surface area contributed by atoms with Crippen molar-refractivity contribution in [2.75, 3.05) is 19.0 Å². The van der Waals surface area contributed by atoms with Gasteiger partial charge in [-0.05, 0) is 42.3 Å². The standard InChI is InChI=1S/C21H21FN4O2/c1-28-17-7-4-5-15(13-17)11-12-23-21(27)19-9-10-20(26-25-19)24-14-16-6-2-3-8-18(16)22/h2-10,13H,11-12,14H2,1H3,(H,23,27)(H,24,26). The van der Waals surface area contributed by atoms with Crippen LogP contribution in [0.3, 0.4) is 0 Å². The van der Waals surface area contributed by atoms with E-state index in [1.54, 1.807) is 37.4 Å². The molecule has 1 heterocycles. The van der Waals surface area contributed by atoms with Crippen LogP contribution in [0.2, 0.25) is 0 Å². The van der Waals surface area contributed by atoms with Gasteiger partial charge in [0.05, 0.1) is 7.11 Å². The maximum atomic E-state index is 13.6. The molecule has 0 atom stereocenters. The number of hydrogen-bond acceptors (Lipinski definition) is 5. The zero-order valence-corrected chi connectivity index (χ0v) is 15.5. The molecular formula is C21H21FN4O2. The summed E-state index contributed by atoms with van der Waals surface area (Å²) >= 11 is 0. The minimum atomic E-state index is -0.295. The maximum absolute atomic E-state index is 13.6. The van der Waals surface area contributed by atoms with E-state index in [4.69, 9.17) is 4.74 Å². The van der Waals surface area contributed by atoms with Crippen LogP contribution in [-0.2, 0) is 13.0 Å². The highest BCUT2D eigenvalue weighted by Crippen LogP contribution is 2.13. The Kier molecular flexibility index (Phi) is 6.51. The van der Waals surface area contributed by atoms with Crippen molar-refractivity contribution in [1.82, 2.24) is 15.5 Å². The Morgan fingerprint density at radius 3 is 2.68 bits per heavy atom. The highest BCUT2D eigenvalue weighted by atomic mass is 19.1. The normalized spacial score (nSPS) is 10.4. The molecule has 0 saturated heterocycles. The number of aromatic nitrogens is 2. The molecule has 2 aromatic carbocycles. The molecule has 7 heteroatoms. The Morgan fingerprint density at radius 2 is 1.93 bits per heavy atom. The third-order valence-corrected chi connectivity index (χ3v) is 4.15. The molecule has 0 aliphatic heterocycles. The zero-order valence-electron chi connectivity index (χ0n) is 15.5. The summed E-state index contributed by atoms with van der Waals surface area (Å²) in [5.41, 5.74) is 1.82. The van der Waals surface area contributed by atoms with E-state index in [0.717, 1.165) is 11.3 Å². The van der Waals surface area contributed by atoms with E-state index in [2.05, 4.69) is 20.8 Å². The van der Waals surface area contributed by atoms with Crippen molar-refractivity contribution in [2.45, 2.75) is 13.0 Å². The quantitative estimate of drug-likeness (QED) is 0.628. The third-order valence-electron chi connectivity index (χ3n) is 4.15. The van der Waals surface area contributed by atoms with Gasteiger partial charge in [0.2, 0.25) is 0 Å². The van der Waals surface area contributed by atoms with Gasteiger partial charge in [-0.25, -0.2) is 4.39 Å².